The van der Waals surface area contributed by atoms with E-state index in [0.29, 0.717) is 12.1 Å². The van der Waals surface area contributed by atoms with Crippen LogP contribution in [-0.2, 0) is 16.4 Å². The van der Waals surface area contributed by atoms with Crippen LogP contribution in [0.4, 0.5) is 0 Å². The van der Waals surface area contributed by atoms with E-state index >= 15 is 0 Å². The van der Waals surface area contributed by atoms with Crippen LogP contribution >= 0.6 is 0 Å². The summed E-state index contributed by atoms with van der Waals surface area (Å²) in [5.74, 6) is 0. The lowest BCUT2D eigenvalue weighted by Gasteiger charge is -2.05. The van der Waals surface area contributed by atoms with Crippen LogP contribution in [-0.4, -0.2) is 35.6 Å². The molecule has 3 rings (SSSR count). The van der Waals surface area contributed by atoms with Crippen molar-refractivity contribution in [2.24, 2.45) is 0 Å². The molecular formula is C14H18N4O3S. The molecule has 3 aromatic rings. The Balaban J connectivity index is 1.78. The summed E-state index contributed by atoms with van der Waals surface area (Å²) < 4.78 is 26.3. The van der Waals surface area contributed by atoms with Gasteiger partial charge in [0.1, 0.15) is 16.8 Å². The lowest BCUT2D eigenvalue weighted by molar-refractivity contribution is 0.583. The predicted octanol–water partition coefficient (Wildman–Crippen LogP) is 0.794. The smallest absolute Gasteiger partial charge is 0.275 e. The third-order valence-electron chi connectivity index (χ3n) is 3.72. The number of aromatic amines is 1. The molecule has 0 aromatic carbocycles. The standard InChI is InChI=1S/C14H18N4O3S/c1-9-12-14(19)17-11-7-6-10(13(16-9)18(11)12)5-3-4-8-15-22(2,20)21/h6-7,15H,3-5,8H2,1-2H3,(H,17,19). The zero-order valence-electron chi connectivity index (χ0n) is 12.5. The molecule has 3 heterocycles. The second-order valence-corrected chi connectivity index (χ2v) is 7.36. The number of rotatable bonds is 6. The molecule has 0 aliphatic heterocycles. The molecule has 0 amide bonds. The van der Waals surface area contributed by atoms with Crippen LogP contribution in [0.1, 0.15) is 24.1 Å². The second kappa shape index (κ2) is 5.36. The molecule has 7 nitrogen and oxygen atoms in total. The van der Waals surface area contributed by atoms with Gasteiger partial charge in [0.05, 0.1) is 11.9 Å². The fourth-order valence-electron chi connectivity index (χ4n) is 2.74. The van der Waals surface area contributed by atoms with Crippen molar-refractivity contribution >= 4 is 26.8 Å². The van der Waals surface area contributed by atoms with Gasteiger partial charge in [-0.15, -0.1) is 0 Å². The van der Waals surface area contributed by atoms with Gasteiger partial charge in [-0.2, -0.15) is 0 Å². The third kappa shape index (κ3) is 2.71. The molecule has 0 fully saturated rings. The Morgan fingerprint density at radius 1 is 1.32 bits per heavy atom. The highest BCUT2D eigenvalue weighted by atomic mass is 32.2. The van der Waals surface area contributed by atoms with Gasteiger partial charge in [-0.25, -0.2) is 18.1 Å². The van der Waals surface area contributed by atoms with Crippen molar-refractivity contribution in [2.75, 3.05) is 12.8 Å². The summed E-state index contributed by atoms with van der Waals surface area (Å²) in [4.78, 5) is 19.2. The summed E-state index contributed by atoms with van der Waals surface area (Å²) in [7, 11) is -3.12. The Labute approximate surface area is 127 Å². The Hall–Kier alpha value is -1.93. The van der Waals surface area contributed by atoms with Crippen LogP contribution in [0.5, 0.6) is 0 Å². The number of aromatic nitrogens is 3. The van der Waals surface area contributed by atoms with Gasteiger partial charge in [-0.1, -0.05) is 6.07 Å². The van der Waals surface area contributed by atoms with Crippen LogP contribution in [0, 0.1) is 6.92 Å². The maximum Gasteiger partial charge on any atom is 0.275 e. The van der Waals surface area contributed by atoms with Crippen LogP contribution in [0.15, 0.2) is 16.9 Å². The number of unbranched alkanes of at least 4 members (excludes halogenated alkanes) is 1. The van der Waals surface area contributed by atoms with Crippen molar-refractivity contribution in [3.8, 4) is 0 Å². The normalized spacial score (nSPS) is 12.6. The molecule has 0 aliphatic carbocycles. The van der Waals surface area contributed by atoms with E-state index in [0.717, 1.165) is 48.1 Å². The van der Waals surface area contributed by atoms with Gasteiger partial charge in [-0.05, 0) is 37.8 Å². The SMILES string of the molecule is Cc1nc2c(CCCCNS(C)(=O)=O)ccc3[nH]c(=O)c1n32. The Bertz CT molecular complexity index is 971. The number of hydrogen-bond acceptors (Lipinski definition) is 4. The molecule has 0 saturated carbocycles. The van der Waals surface area contributed by atoms with Crippen LogP contribution in [0.2, 0.25) is 0 Å². The molecular weight excluding hydrogens is 304 g/mol. The zero-order chi connectivity index (χ0) is 15.9. The van der Waals surface area contributed by atoms with Gasteiger partial charge in [0.25, 0.3) is 5.56 Å². The van der Waals surface area contributed by atoms with E-state index in [1.807, 2.05) is 23.5 Å². The van der Waals surface area contributed by atoms with E-state index in [-0.39, 0.29) is 5.56 Å². The summed E-state index contributed by atoms with van der Waals surface area (Å²) in [6.45, 7) is 2.27. The van der Waals surface area contributed by atoms with E-state index in [9.17, 15) is 13.2 Å². The summed E-state index contributed by atoms with van der Waals surface area (Å²) in [5.41, 5.74) is 3.83. The van der Waals surface area contributed by atoms with Crippen molar-refractivity contribution in [1.82, 2.24) is 19.1 Å². The molecule has 3 aromatic heterocycles. The van der Waals surface area contributed by atoms with E-state index in [1.54, 1.807) is 0 Å². The largest absolute Gasteiger partial charge is 0.306 e. The van der Waals surface area contributed by atoms with Gasteiger partial charge in [0.15, 0.2) is 0 Å². The summed E-state index contributed by atoms with van der Waals surface area (Å²) in [6, 6.07) is 3.85. The minimum absolute atomic E-state index is 0.116. The number of sulfonamides is 1. The topological polar surface area (TPSA) is 96.3 Å². The highest BCUT2D eigenvalue weighted by Gasteiger charge is 2.15. The van der Waals surface area contributed by atoms with E-state index < -0.39 is 10.0 Å². The fourth-order valence-corrected chi connectivity index (χ4v) is 3.26. The molecule has 118 valence electrons. The molecule has 0 radical (unpaired) electrons. The first kappa shape index (κ1) is 15.0. The fraction of sp³-hybridized carbons (Fsp3) is 0.429. The third-order valence-corrected chi connectivity index (χ3v) is 4.44. The lowest BCUT2D eigenvalue weighted by Crippen LogP contribution is -2.22. The monoisotopic (exact) mass is 322 g/mol. The van der Waals surface area contributed by atoms with Gasteiger partial charge >= 0.3 is 0 Å². The number of H-pyrrole nitrogens is 1. The first-order valence-electron chi connectivity index (χ1n) is 7.14. The van der Waals surface area contributed by atoms with Crippen LogP contribution in [0.3, 0.4) is 0 Å². The number of nitrogens with one attached hydrogen (secondary N) is 2. The van der Waals surface area contributed by atoms with Gasteiger partial charge in [0.2, 0.25) is 10.0 Å². The Morgan fingerprint density at radius 2 is 2.09 bits per heavy atom. The summed E-state index contributed by atoms with van der Waals surface area (Å²) in [6.07, 6.45) is 3.55. The van der Waals surface area contributed by atoms with Crippen molar-refractivity contribution in [3.05, 3.63) is 33.7 Å². The average Bonchev–Trinajstić information content (AvgIpc) is 2.93. The number of nitrogens with zero attached hydrogens (tertiary/aromatic N) is 2. The number of pyridine rings is 1. The van der Waals surface area contributed by atoms with Crippen molar-refractivity contribution in [3.63, 3.8) is 0 Å². The number of imidazole rings is 2. The minimum atomic E-state index is -3.12. The van der Waals surface area contributed by atoms with Crippen molar-refractivity contribution in [2.45, 2.75) is 26.2 Å². The quantitative estimate of drug-likeness (QED) is 0.656. The molecule has 0 atom stereocenters. The summed E-state index contributed by atoms with van der Waals surface area (Å²) in [5, 5.41) is 0. The molecule has 0 saturated heterocycles. The molecule has 0 unspecified atom stereocenters. The Kier molecular flexibility index (Phi) is 3.65. The molecule has 22 heavy (non-hydrogen) atoms. The predicted molar refractivity (Wildman–Crippen MR) is 85.0 cm³/mol. The molecule has 2 N–H and O–H groups in total. The van der Waals surface area contributed by atoms with Gasteiger partial charge in [-0.3, -0.25) is 9.20 Å². The van der Waals surface area contributed by atoms with E-state index in [4.69, 9.17) is 0 Å². The molecule has 0 bridgehead atoms. The highest BCUT2D eigenvalue weighted by molar-refractivity contribution is 7.88. The van der Waals surface area contributed by atoms with E-state index in [2.05, 4.69) is 14.7 Å². The maximum absolute atomic E-state index is 11.9. The van der Waals surface area contributed by atoms with Gasteiger partial charge in [0, 0.05) is 6.54 Å². The molecule has 0 spiro atoms. The van der Waals surface area contributed by atoms with Gasteiger partial charge < -0.3 is 4.98 Å². The number of aryl methyl sites for hydroxylation is 2. The average molecular weight is 322 g/mol. The zero-order valence-corrected chi connectivity index (χ0v) is 13.3. The highest BCUT2D eigenvalue weighted by Crippen LogP contribution is 2.20. The second-order valence-electron chi connectivity index (χ2n) is 5.53. The minimum Gasteiger partial charge on any atom is -0.306 e. The first-order chi connectivity index (χ1) is 10.4. The molecule has 0 aliphatic rings. The lowest BCUT2D eigenvalue weighted by atomic mass is 10.1. The van der Waals surface area contributed by atoms with Crippen molar-refractivity contribution in [1.29, 1.82) is 0 Å². The summed E-state index contributed by atoms with van der Waals surface area (Å²) >= 11 is 0. The number of hydrogen-bond donors (Lipinski definition) is 2. The van der Waals surface area contributed by atoms with Crippen molar-refractivity contribution < 1.29 is 8.42 Å². The van der Waals surface area contributed by atoms with Crippen LogP contribution in [0.25, 0.3) is 16.8 Å². The molecule has 8 heteroatoms. The first-order valence-corrected chi connectivity index (χ1v) is 9.03. The Morgan fingerprint density at radius 3 is 2.82 bits per heavy atom. The van der Waals surface area contributed by atoms with Crippen LogP contribution < -0.4 is 10.3 Å². The van der Waals surface area contributed by atoms with E-state index in [1.165, 1.54) is 0 Å². The maximum atomic E-state index is 11.9.